The van der Waals surface area contributed by atoms with E-state index in [0.717, 1.165) is 35.0 Å². The SMILES string of the molecule is C=C(C)c1cc(-c2ccccc2)nc2c1=CCCC=2. The van der Waals surface area contributed by atoms with Crippen LogP contribution in [0.2, 0.25) is 0 Å². The van der Waals surface area contributed by atoms with Gasteiger partial charge < -0.3 is 0 Å². The van der Waals surface area contributed by atoms with Crippen molar-refractivity contribution in [2.24, 2.45) is 0 Å². The predicted molar refractivity (Wildman–Crippen MR) is 81.8 cm³/mol. The largest absolute Gasteiger partial charge is 0.248 e. The first-order valence-corrected chi connectivity index (χ1v) is 6.68. The number of rotatable bonds is 2. The van der Waals surface area contributed by atoms with Crippen molar-refractivity contribution < 1.29 is 0 Å². The van der Waals surface area contributed by atoms with Crippen LogP contribution in [-0.2, 0) is 0 Å². The normalized spacial score (nSPS) is 13.1. The molecule has 1 aliphatic carbocycles. The zero-order valence-electron chi connectivity index (χ0n) is 11.2. The molecular weight excluding hydrogens is 230 g/mol. The van der Waals surface area contributed by atoms with Gasteiger partial charge in [-0.3, -0.25) is 0 Å². The number of hydrogen-bond acceptors (Lipinski definition) is 1. The van der Waals surface area contributed by atoms with E-state index in [1.165, 1.54) is 10.8 Å². The summed E-state index contributed by atoms with van der Waals surface area (Å²) in [7, 11) is 0. The zero-order valence-corrected chi connectivity index (χ0v) is 11.2. The van der Waals surface area contributed by atoms with Crippen molar-refractivity contribution in [1.29, 1.82) is 0 Å². The molecule has 3 rings (SSSR count). The van der Waals surface area contributed by atoms with Crippen LogP contribution >= 0.6 is 0 Å². The molecule has 0 radical (unpaired) electrons. The van der Waals surface area contributed by atoms with Crippen molar-refractivity contribution in [3.05, 3.63) is 59.1 Å². The van der Waals surface area contributed by atoms with Gasteiger partial charge in [0.1, 0.15) is 0 Å². The zero-order chi connectivity index (χ0) is 13.2. The molecule has 0 saturated heterocycles. The Balaban J connectivity index is 2.31. The van der Waals surface area contributed by atoms with Gasteiger partial charge in [-0.1, -0.05) is 54.6 Å². The lowest BCUT2D eigenvalue weighted by atomic mass is 10.00. The minimum atomic E-state index is 1.03. The maximum absolute atomic E-state index is 4.80. The summed E-state index contributed by atoms with van der Waals surface area (Å²) in [6, 6.07) is 12.5. The average Bonchev–Trinajstić information content (AvgIpc) is 2.47. The van der Waals surface area contributed by atoms with E-state index >= 15 is 0 Å². The van der Waals surface area contributed by atoms with Gasteiger partial charge in [0.15, 0.2) is 0 Å². The first-order chi connectivity index (χ1) is 9.25. The number of aromatic nitrogens is 1. The van der Waals surface area contributed by atoms with Gasteiger partial charge in [-0.2, -0.15) is 0 Å². The second-order valence-electron chi connectivity index (χ2n) is 4.99. The summed E-state index contributed by atoms with van der Waals surface area (Å²) < 4.78 is 0. The van der Waals surface area contributed by atoms with Crippen LogP contribution in [0.1, 0.15) is 25.3 Å². The quantitative estimate of drug-likeness (QED) is 0.794. The number of nitrogens with zero attached hydrogens (tertiary/aromatic N) is 1. The lowest BCUT2D eigenvalue weighted by Crippen LogP contribution is -2.33. The van der Waals surface area contributed by atoms with Crippen LogP contribution in [-0.4, -0.2) is 4.98 Å². The van der Waals surface area contributed by atoms with E-state index in [2.05, 4.69) is 43.9 Å². The molecule has 94 valence electrons. The summed E-state index contributed by atoms with van der Waals surface area (Å²) in [5.74, 6) is 0. The summed E-state index contributed by atoms with van der Waals surface area (Å²) in [6.45, 7) is 6.17. The first kappa shape index (κ1) is 11.9. The fourth-order valence-electron chi connectivity index (χ4n) is 2.50. The van der Waals surface area contributed by atoms with Gasteiger partial charge in [-0.05, 0) is 31.4 Å². The van der Waals surface area contributed by atoms with Crippen LogP contribution in [0, 0.1) is 0 Å². The van der Waals surface area contributed by atoms with Crippen molar-refractivity contribution in [3.8, 4) is 11.3 Å². The Labute approximate surface area is 113 Å². The van der Waals surface area contributed by atoms with Gasteiger partial charge in [0.05, 0.1) is 11.0 Å². The topological polar surface area (TPSA) is 12.9 Å². The van der Waals surface area contributed by atoms with Crippen molar-refractivity contribution in [1.82, 2.24) is 4.98 Å². The highest BCUT2D eigenvalue weighted by Crippen LogP contribution is 2.18. The Morgan fingerprint density at radius 1 is 1.11 bits per heavy atom. The van der Waals surface area contributed by atoms with E-state index < -0.39 is 0 Å². The third-order valence-electron chi connectivity index (χ3n) is 3.47. The second kappa shape index (κ2) is 4.85. The fraction of sp³-hybridized carbons (Fsp3) is 0.167. The Bertz CT molecular complexity index is 739. The molecule has 0 aliphatic heterocycles. The molecule has 0 N–H and O–H groups in total. The molecule has 0 fully saturated rings. The summed E-state index contributed by atoms with van der Waals surface area (Å²) >= 11 is 0. The predicted octanol–water partition coefficient (Wildman–Crippen LogP) is 3.14. The molecule has 1 aromatic carbocycles. The lowest BCUT2D eigenvalue weighted by Gasteiger charge is -2.10. The van der Waals surface area contributed by atoms with Gasteiger partial charge in [-0.15, -0.1) is 0 Å². The van der Waals surface area contributed by atoms with E-state index in [9.17, 15) is 0 Å². The lowest BCUT2D eigenvalue weighted by molar-refractivity contribution is 1.07. The maximum atomic E-state index is 4.80. The van der Waals surface area contributed by atoms with Gasteiger partial charge >= 0.3 is 0 Å². The molecule has 0 bridgehead atoms. The molecule has 19 heavy (non-hydrogen) atoms. The van der Waals surface area contributed by atoms with E-state index in [-0.39, 0.29) is 0 Å². The standard InChI is InChI=1S/C18H17N/c1-13(2)16-12-18(14-8-4-3-5-9-14)19-17-11-7-6-10-15(16)17/h3-5,8-12H,1,6-7H2,2H3. The van der Waals surface area contributed by atoms with Crippen molar-refractivity contribution in [2.75, 3.05) is 0 Å². The second-order valence-corrected chi connectivity index (χ2v) is 4.99. The number of allylic oxidation sites excluding steroid dienone is 1. The molecule has 1 heterocycles. The number of benzene rings is 1. The van der Waals surface area contributed by atoms with Crippen LogP contribution in [0.4, 0.5) is 0 Å². The minimum Gasteiger partial charge on any atom is -0.248 e. The summed E-state index contributed by atoms with van der Waals surface area (Å²) in [5, 5.41) is 2.35. The smallest absolute Gasteiger partial charge is 0.0715 e. The van der Waals surface area contributed by atoms with Crippen LogP contribution < -0.4 is 10.6 Å². The monoisotopic (exact) mass is 247 g/mol. The van der Waals surface area contributed by atoms with Crippen LogP contribution in [0.15, 0.2) is 43.0 Å². The molecule has 0 atom stereocenters. The Morgan fingerprint density at radius 2 is 1.84 bits per heavy atom. The summed E-state index contributed by atoms with van der Waals surface area (Å²) in [4.78, 5) is 4.80. The molecular formula is C18H17N. The Kier molecular flexibility index (Phi) is 3.04. The number of hydrogen-bond donors (Lipinski definition) is 0. The molecule has 1 aromatic heterocycles. The molecule has 2 aromatic rings. The average molecular weight is 247 g/mol. The number of fused-ring (bicyclic) bond motifs is 1. The van der Waals surface area contributed by atoms with Crippen LogP contribution in [0.25, 0.3) is 29.0 Å². The van der Waals surface area contributed by atoms with E-state index in [1.807, 2.05) is 18.2 Å². The summed E-state index contributed by atoms with van der Waals surface area (Å²) in [5.41, 5.74) is 4.51. The maximum Gasteiger partial charge on any atom is 0.0715 e. The molecule has 0 spiro atoms. The number of pyridine rings is 1. The third kappa shape index (κ3) is 2.24. The highest BCUT2D eigenvalue weighted by atomic mass is 14.7. The highest BCUT2D eigenvalue weighted by molar-refractivity contribution is 5.70. The van der Waals surface area contributed by atoms with Gasteiger partial charge in [0, 0.05) is 10.8 Å². The van der Waals surface area contributed by atoms with Gasteiger partial charge in [0.25, 0.3) is 0 Å². The van der Waals surface area contributed by atoms with E-state index in [1.54, 1.807) is 0 Å². The Hall–Kier alpha value is -2.15. The molecule has 1 heteroatoms. The fourth-order valence-corrected chi connectivity index (χ4v) is 2.50. The molecule has 0 unspecified atom stereocenters. The molecule has 1 aliphatic rings. The van der Waals surface area contributed by atoms with E-state index in [0.29, 0.717) is 0 Å². The van der Waals surface area contributed by atoms with Gasteiger partial charge in [0.2, 0.25) is 0 Å². The van der Waals surface area contributed by atoms with Crippen LogP contribution in [0.5, 0.6) is 0 Å². The van der Waals surface area contributed by atoms with Crippen LogP contribution in [0.3, 0.4) is 0 Å². The first-order valence-electron chi connectivity index (χ1n) is 6.68. The summed E-state index contributed by atoms with van der Waals surface area (Å²) in [6.07, 6.45) is 6.68. The Morgan fingerprint density at radius 3 is 2.58 bits per heavy atom. The molecule has 1 nitrogen and oxygen atoms in total. The third-order valence-corrected chi connectivity index (χ3v) is 3.47. The molecule has 0 amide bonds. The highest BCUT2D eigenvalue weighted by Gasteiger charge is 2.07. The van der Waals surface area contributed by atoms with Crippen molar-refractivity contribution >= 4 is 17.7 Å². The van der Waals surface area contributed by atoms with Crippen molar-refractivity contribution in [3.63, 3.8) is 0 Å². The van der Waals surface area contributed by atoms with E-state index in [4.69, 9.17) is 4.98 Å². The van der Waals surface area contributed by atoms with Crippen molar-refractivity contribution in [2.45, 2.75) is 19.8 Å². The molecule has 0 saturated carbocycles. The van der Waals surface area contributed by atoms with Gasteiger partial charge in [-0.25, -0.2) is 4.98 Å². The minimum absolute atomic E-state index is 1.03.